The summed E-state index contributed by atoms with van der Waals surface area (Å²) in [6, 6.07) is 12.2. The second-order valence-corrected chi connectivity index (χ2v) is 8.54. The Morgan fingerprint density at radius 1 is 1.19 bits per heavy atom. The summed E-state index contributed by atoms with van der Waals surface area (Å²) in [7, 11) is 0. The van der Waals surface area contributed by atoms with Crippen LogP contribution >= 0.6 is 35.0 Å². The van der Waals surface area contributed by atoms with Gasteiger partial charge in [-0.15, -0.1) is 16.8 Å². The number of aromatic nitrogens is 3. The number of hydrogen-bond acceptors (Lipinski definition) is 5. The van der Waals surface area contributed by atoms with Crippen LogP contribution in [0.5, 0.6) is 0 Å². The summed E-state index contributed by atoms with van der Waals surface area (Å²) in [5.41, 5.74) is 1.98. The molecule has 0 saturated carbocycles. The van der Waals surface area contributed by atoms with Crippen molar-refractivity contribution in [1.82, 2.24) is 20.1 Å². The van der Waals surface area contributed by atoms with Crippen molar-refractivity contribution in [1.29, 1.82) is 0 Å². The average Bonchev–Trinajstić information content (AvgIpc) is 3.15. The average molecular weight is 490 g/mol. The van der Waals surface area contributed by atoms with E-state index in [4.69, 9.17) is 23.2 Å². The Bertz CT molecular complexity index is 1150. The van der Waals surface area contributed by atoms with Crippen LogP contribution in [0.15, 0.2) is 60.3 Å². The lowest BCUT2D eigenvalue weighted by Crippen LogP contribution is -2.25. The van der Waals surface area contributed by atoms with Gasteiger partial charge in [0.15, 0.2) is 11.0 Å². The zero-order valence-electron chi connectivity index (χ0n) is 17.3. The van der Waals surface area contributed by atoms with Crippen LogP contribution in [0.1, 0.15) is 21.7 Å². The standard InChI is InChI=1S/C22H21Cl2N5O2S/c1-3-10-29-19(12-25-21(31)16-7-5-4-6-14(16)2)27-28-22(29)32-13-20(30)26-18-9-8-15(23)11-17(18)24/h3-9,11H,1,10,12-13H2,2H3,(H,25,31)(H,26,30). The smallest absolute Gasteiger partial charge is 0.251 e. The molecule has 10 heteroatoms. The third kappa shape index (κ3) is 6.12. The Morgan fingerprint density at radius 2 is 1.97 bits per heavy atom. The van der Waals surface area contributed by atoms with Crippen molar-refractivity contribution in [2.45, 2.75) is 25.2 Å². The number of allylic oxidation sites excluding steroid dienone is 1. The van der Waals surface area contributed by atoms with Crippen LogP contribution in [0.3, 0.4) is 0 Å². The van der Waals surface area contributed by atoms with Crippen molar-refractivity contribution >= 4 is 52.5 Å². The summed E-state index contributed by atoms with van der Waals surface area (Å²) in [5, 5.41) is 15.3. The maximum Gasteiger partial charge on any atom is 0.251 e. The Hall–Kier alpha value is -2.81. The van der Waals surface area contributed by atoms with E-state index in [2.05, 4.69) is 27.4 Å². The number of thioether (sulfide) groups is 1. The lowest BCUT2D eigenvalue weighted by molar-refractivity contribution is -0.113. The number of hydrogen-bond donors (Lipinski definition) is 2. The SMILES string of the molecule is C=CCn1c(CNC(=O)c2ccccc2C)nnc1SCC(=O)Nc1ccc(Cl)cc1Cl. The fourth-order valence-corrected chi connectivity index (χ4v) is 4.08. The molecule has 7 nitrogen and oxygen atoms in total. The minimum atomic E-state index is -0.248. The highest BCUT2D eigenvalue weighted by atomic mass is 35.5. The maximum atomic E-state index is 12.5. The van der Waals surface area contributed by atoms with E-state index in [1.807, 2.05) is 25.1 Å². The number of nitrogens with zero attached hydrogens (tertiary/aromatic N) is 3. The third-order valence-electron chi connectivity index (χ3n) is 4.44. The van der Waals surface area contributed by atoms with Gasteiger partial charge in [0.25, 0.3) is 5.91 Å². The molecule has 166 valence electrons. The van der Waals surface area contributed by atoms with E-state index in [9.17, 15) is 9.59 Å². The van der Waals surface area contributed by atoms with Gasteiger partial charge < -0.3 is 15.2 Å². The first kappa shape index (κ1) is 23.8. The van der Waals surface area contributed by atoms with Crippen LogP contribution in [0.2, 0.25) is 10.0 Å². The summed E-state index contributed by atoms with van der Waals surface area (Å²) in [4.78, 5) is 24.8. The molecular weight excluding hydrogens is 469 g/mol. The Morgan fingerprint density at radius 3 is 2.69 bits per heavy atom. The zero-order valence-corrected chi connectivity index (χ0v) is 19.6. The Labute approximate surface area is 200 Å². The van der Waals surface area contributed by atoms with Gasteiger partial charge in [-0.1, -0.05) is 59.2 Å². The Balaban J connectivity index is 1.62. The molecule has 2 aromatic carbocycles. The van der Waals surface area contributed by atoms with Crippen LogP contribution < -0.4 is 10.6 Å². The molecule has 1 heterocycles. The Kier molecular flexibility index (Phi) is 8.33. The lowest BCUT2D eigenvalue weighted by Gasteiger charge is -2.10. The molecule has 1 aromatic heterocycles. The van der Waals surface area contributed by atoms with Crippen molar-refractivity contribution in [2.75, 3.05) is 11.1 Å². The molecule has 0 atom stereocenters. The van der Waals surface area contributed by atoms with Crippen molar-refractivity contribution in [3.63, 3.8) is 0 Å². The van der Waals surface area contributed by atoms with Crippen LogP contribution in [-0.2, 0) is 17.9 Å². The first-order valence-electron chi connectivity index (χ1n) is 9.63. The summed E-state index contributed by atoms with van der Waals surface area (Å²) in [5.74, 6) is 0.228. The summed E-state index contributed by atoms with van der Waals surface area (Å²) >= 11 is 13.2. The summed E-state index contributed by atoms with van der Waals surface area (Å²) in [6.07, 6.45) is 1.70. The molecular formula is C22H21Cl2N5O2S. The fraction of sp³-hybridized carbons (Fsp3) is 0.182. The molecule has 0 unspecified atom stereocenters. The quantitative estimate of drug-likeness (QED) is 0.334. The molecule has 0 fully saturated rings. The van der Waals surface area contributed by atoms with Gasteiger partial charge in [-0.05, 0) is 36.8 Å². The van der Waals surface area contributed by atoms with Gasteiger partial charge in [-0.2, -0.15) is 0 Å². The molecule has 0 aliphatic rings. The molecule has 0 bridgehead atoms. The second kappa shape index (κ2) is 11.2. The normalized spacial score (nSPS) is 10.6. The monoisotopic (exact) mass is 489 g/mol. The second-order valence-electron chi connectivity index (χ2n) is 6.76. The number of carbonyl (C=O) groups is 2. The number of rotatable bonds is 9. The number of benzene rings is 2. The number of halogens is 2. The van der Waals surface area contributed by atoms with Gasteiger partial charge in [0.05, 0.1) is 23.0 Å². The van der Waals surface area contributed by atoms with Gasteiger partial charge in [-0.3, -0.25) is 9.59 Å². The van der Waals surface area contributed by atoms with E-state index in [1.165, 1.54) is 11.8 Å². The minimum Gasteiger partial charge on any atom is -0.345 e. The molecule has 0 saturated heterocycles. The number of amides is 2. The van der Waals surface area contributed by atoms with Crippen molar-refractivity contribution in [3.05, 3.63) is 82.1 Å². The van der Waals surface area contributed by atoms with E-state index < -0.39 is 0 Å². The van der Waals surface area contributed by atoms with E-state index in [0.29, 0.717) is 38.8 Å². The number of anilines is 1. The molecule has 2 N–H and O–H groups in total. The van der Waals surface area contributed by atoms with E-state index >= 15 is 0 Å². The lowest BCUT2D eigenvalue weighted by atomic mass is 10.1. The van der Waals surface area contributed by atoms with Crippen molar-refractivity contribution < 1.29 is 9.59 Å². The molecule has 0 aliphatic carbocycles. The molecule has 3 rings (SSSR count). The topological polar surface area (TPSA) is 88.9 Å². The molecule has 0 radical (unpaired) electrons. The fourth-order valence-electron chi connectivity index (χ4n) is 2.86. The number of aryl methyl sites for hydroxylation is 1. The van der Waals surface area contributed by atoms with Crippen molar-refractivity contribution in [2.24, 2.45) is 0 Å². The van der Waals surface area contributed by atoms with E-state index in [0.717, 1.165) is 5.56 Å². The molecule has 32 heavy (non-hydrogen) atoms. The largest absolute Gasteiger partial charge is 0.345 e. The molecule has 3 aromatic rings. The first-order valence-corrected chi connectivity index (χ1v) is 11.4. The van der Waals surface area contributed by atoms with E-state index in [-0.39, 0.29) is 24.1 Å². The zero-order chi connectivity index (χ0) is 23.1. The number of nitrogens with one attached hydrogen (secondary N) is 2. The third-order valence-corrected chi connectivity index (χ3v) is 5.95. The van der Waals surface area contributed by atoms with Gasteiger partial charge in [0.1, 0.15) is 0 Å². The van der Waals surface area contributed by atoms with Crippen LogP contribution in [0, 0.1) is 6.92 Å². The predicted octanol–water partition coefficient (Wildman–Crippen LogP) is 4.74. The highest BCUT2D eigenvalue weighted by Gasteiger charge is 2.16. The van der Waals surface area contributed by atoms with Gasteiger partial charge in [0, 0.05) is 17.1 Å². The minimum absolute atomic E-state index is 0.101. The summed E-state index contributed by atoms with van der Waals surface area (Å²) < 4.78 is 1.80. The first-order chi connectivity index (χ1) is 15.4. The molecule has 0 aliphatic heterocycles. The van der Waals surface area contributed by atoms with E-state index in [1.54, 1.807) is 34.9 Å². The van der Waals surface area contributed by atoms with Crippen LogP contribution in [0.25, 0.3) is 0 Å². The van der Waals surface area contributed by atoms with Gasteiger partial charge in [-0.25, -0.2) is 0 Å². The highest BCUT2D eigenvalue weighted by molar-refractivity contribution is 7.99. The predicted molar refractivity (Wildman–Crippen MR) is 128 cm³/mol. The highest BCUT2D eigenvalue weighted by Crippen LogP contribution is 2.26. The number of carbonyl (C=O) groups excluding carboxylic acids is 2. The maximum absolute atomic E-state index is 12.5. The molecule has 0 spiro atoms. The van der Waals surface area contributed by atoms with Gasteiger partial charge >= 0.3 is 0 Å². The van der Waals surface area contributed by atoms with Crippen LogP contribution in [0.4, 0.5) is 5.69 Å². The molecule has 2 amide bonds. The van der Waals surface area contributed by atoms with Crippen molar-refractivity contribution in [3.8, 4) is 0 Å². The van der Waals surface area contributed by atoms with Gasteiger partial charge in [0.2, 0.25) is 5.91 Å². The van der Waals surface area contributed by atoms with Crippen LogP contribution in [-0.4, -0.2) is 32.3 Å². The summed E-state index contributed by atoms with van der Waals surface area (Å²) in [6.45, 7) is 6.28.